The third-order valence-electron chi connectivity index (χ3n) is 2.32. The van der Waals surface area contributed by atoms with Gasteiger partial charge in [0.25, 0.3) is 5.91 Å². The molecule has 0 bridgehead atoms. The van der Waals surface area contributed by atoms with E-state index in [0.717, 1.165) is 24.2 Å². The minimum atomic E-state index is 0.105. The zero-order valence-electron chi connectivity index (χ0n) is 7.61. The fourth-order valence-corrected chi connectivity index (χ4v) is 1.99. The summed E-state index contributed by atoms with van der Waals surface area (Å²) in [5.41, 5.74) is 1.82. The number of anilines is 1. The van der Waals surface area contributed by atoms with E-state index in [1.54, 1.807) is 9.89 Å². The predicted molar refractivity (Wildman–Crippen MR) is 60.4 cm³/mol. The number of nitrogens with zero attached hydrogens (tertiary/aromatic N) is 1. The van der Waals surface area contributed by atoms with Crippen LogP contribution in [0.1, 0.15) is 6.42 Å². The van der Waals surface area contributed by atoms with Crippen molar-refractivity contribution >= 4 is 27.5 Å². The number of hydrogen-bond donors (Lipinski definition) is 0. The van der Waals surface area contributed by atoms with E-state index in [1.165, 1.54) is 0 Å². The summed E-state index contributed by atoms with van der Waals surface area (Å²) in [4.78, 5) is 15.3. The zero-order chi connectivity index (χ0) is 9.97. The van der Waals surface area contributed by atoms with Crippen LogP contribution in [0.15, 0.2) is 40.9 Å². The molecule has 0 aromatic heterocycles. The molecule has 72 valence electrons. The van der Waals surface area contributed by atoms with E-state index in [2.05, 4.69) is 15.9 Å². The van der Waals surface area contributed by atoms with Gasteiger partial charge in [-0.3, -0.25) is 4.79 Å². The van der Waals surface area contributed by atoms with Gasteiger partial charge in [-0.15, -0.1) is 0 Å². The second-order valence-corrected chi connectivity index (χ2v) is 3.63. The van der Waals surface area contributed by atoms with Crippen LogP contribution in [0.25, 0.3) is 0 Å². The molecule has 0 spiro atoms. The Hall–Kier alpha value is -1.09. The lowest BCUT2D eigenvalue weighted by atomic mass is 10.3. The maximum absolute atomic E-state index is 11.8. The molecule has 0 atom stereocenters. The molecule has 0 saturated carbocycles. The van der Waals surface area contributed by atoms with E-state index in [-0.39, 0.29) is 5.91 Å². The van der Waals surface area contributed by atoms with Crippen LogP contribution in [0.2, 0.25) is 0 Å². The molecule has 0 aliphatic carbocycles. The molecule has 1 fully saturated rings. The normalized spacial score (nSPS) is 19.4. The van der Waals surface area contributed by atoms with Crippen molar-refractivity contribution in [3.05, 3.63) is 40.9 Å². The largest absolute Gasteiger partial charge is 0.308 e. The second kappa shape index (κ2) is 3.96. The summed E-state index contributed by atoms with van der Waals surface area (Å²) < 4.78 is 0. The van der Waals surface area contributed by atoms with Gasteiger partial charge in [0, 0.05) is 17.8 Å². The van der Waals surface area contributed by atoms with E-state index in [9.17, 15) is 4.79 Å². The van der Waals surface area contributed by atoms with Crippen LogP contribution in [-0.4, -0.2) is 12.5 Å². The lowest BCUT2D eigenvalue weighted by Gasteiger charge is -2.14. The first kappa shape index (κ1) is 9.46. The molecule has 1 saturated heterocycles. The minimum Gasteiger partial charge on any atom is -0.308 e. The Labute approximate surface area is 91.3 Å². The van der Waals surface area contributed by atoms with Gasteiger partial charge < -0.3 is 4.90 Å². The van der Waals surface area contributed by atoms with Gasteiger partial charge in [-0.1, -0.05) is 34.1 Å². The molecule has 1 aliphatic rings. The lowest BCUT2D eigenvalue weighted by molar-refractivity contribution is -0.114. The highest BCUT2D eigenvalue weighted by molar-refractivity contribution is 9.11. The number of rotatable bonds is 1. The molecule has 1 amide bonds. The van der Waals surface area contributed by atoms with Crippen LogP contribution in [0.5, 0.6) is 0 Å². The van der Waals surface area contributed by atoms with Gasteiger partial charge in [0.15, 0.2) is 0 Å². The number of halogens is 1. The van der Waals surface area contributed by atoms with Crippen molar-refractivity contribution in [1.82, 2.24) is 0 Å². The fraction of sp³-hybridized carbons (Fsp3) is 0.182. The SMILES string of the molecule is O=C1/C(=C\Br)CCN1c1ccccc1. The lowest BCUT2D eigenvalue weighted by Crippen LogP contribution is -2.24. The van der Waals surface area contributed by atoms with Gasteiger partial charge in [-0.25, -0.2) is 0 Å². The molecule has 2 nitrogen and oxygen atoms in total. The number of para-hydroxylation sites is 1. The summed E-state index contributed by atoms with van der Waals surface area (Å²) in [7, 11) is 0. The molecule has 1 heterocycles. The zero-order valence-corrected chi connectivity index (χ0v) is 9.20. The summed E-state index contributed by atoms with van der Waals surface area (Å²) in [6.45, 7) is 0.778. The van der Waals surface area contributed by atoms with Crippen LogP contribution in [0.4, 0.5) is 5.69 Å². The fourth-order valence-electron chi connectivity index (χ4n) is 1.57. The molecule has 0 radical (unpaired) electrons. The molecule has 1 aliphatic heterocycles. The Morgan fingerprint density at radius 2 is 2.00 bits per heavy atom. The molecule has 1 aromatic carbocycles. The molecule has 0 N–H and O–H groups in total. The molecular formula is C11H10BrNO. The highest BCUT2D eigenvalue weighted by Crippen LogP contribution is 2.24. The number of benzene rings is 1. The maximum Gasteiger partial charge on any atom is 0.254 e. The van der Waals surface area contributed by atoms with Crippen LogP contribution in [0, 0.1) is 0 Å². The van der Waals surface area contributed by atoms with Crippen molar-refractivity contribution in [2.45, 2.75) is 6.42 Å². The third-order valence-corrected chi connectivity index (χ3v) is 2.88. The Morgan fingerprint density at radius 3 is 2.57 bits per heavy atom. The third kappa shape index (κ3) is 1.60. The first-order chi connectivity index (χ1) is 6.83. The average molecular weight is 252 g/mol. The summed E-state index contributed by atoms with van der Waals surface area (Å²) in [6.07, 6.45) is 0.818. The van der Waals surface area contributed by atoms with Crippen LogP contribution >= 0.6 is 15.9 Å². The predicted octanol–water partition coefficient (Wildman–Crippen LogP) is 2.70. The molecular weight excluding hydrogens is 242 g/mol. The minimum absolute atomic E-state index is 0.105. The average Bonchev–Trinajstić information content (AvgIpc) is 2.61. The second-order valence-electron chi connectivity index (χ2n) is 3.18. The standard InChI is InChI=1S/C11H10BrNO/c12-8-9-6-7-13(11(9)14)10-4-2-1-3-5-10/h1-5,8H,6-7H2/b9-8-. The number of carbonyl (C=O) groups is 1. The van der Waals surface area contributed by atoms with Crippen molar-refractivity contribution < 1.29 is 4.79 Å². The van der Waals surface area contributed by atoms with Gasteiger partial charge in [0.05, 0.1) is 0 Å². The smallest absolute Gasteiger partial charge is 0.254 e. The Kier molecular flexibility index (Phi) is 2.68. The topological polar surface area (TPSA) is 20.3 Å². The molecule has 3 heteroatoms. The van der Waals surface area contributed by atoms with Crippen LogP contribution in [-0.2, 0) is 4.79 Å². The number of carbonyl (C=O) groups excluding carboxylic acids is 1. The maximum atomic E-state index is 11.8. The van der Waals surface area contributed by atoms with E-state index >= 15 is 0 Å². The van der Waals surface area contributed by atoms with Crippen molar-refractivity contribution in [3.63, 3.8) is 0 Å². The molecule has 14 heavy (non-hydrogen) atoms. The van der Waals surface area contributed by atoms with Gasteiger partial charge >= 0.3 is 0 Å². The quantitative estimate of drug-likeness (QED) is 0.703. The molecule has 0 unspecified atom stereocenters. The summed E-state index contributed by atoms with van der Waals surface area (Å²) >= 11 is 3.21. The first-order valence-electron chi connectivity index (χ1n) is 4.49. The molecule has 2 rings (SSSR count). The van der Waals surface area contributed by atoms with Crippen LogP contribution < -0.4 is 4.90 Å². The van der Waals surface area contributed by atoms with Crippen molar-refractivity contribution in [2.75, 3.05) is 11.4 Å². The summed E-state index contributed by atoms with van der Waals surface area (Å²) in [6, 6.07) is 9.74. The van der Waals surface area contributed by atoms with E-state index < -0.39 is 0 Å². The summed E-state index contributed by atoms with van der Waals surface area (Å²) in [5, 5.41) is 0. The van der Waals surface area contributed by atoms with Gasteiger partial charge in [0.1, 0.15) is 0 Å². The highest BCUT2D eigenvalue weighted by atomic mass is 79.9. The van der Waals surface area contributed by atoms with Crippen LogP contribution in [0.3, 0.4) is 0 Å². The van der Waals surface area contributed by atoms with Gasteiger partial charge in [0.2, 0.25) is 0 Å². The van der Waals surface area contributed by atoms with Gasteiger partial charge in [-0.2, -0.15) is 0 Å². The Morgan fingerprint density at radius 1 is 1.29 bits per heavy atom. The van der Waals surface area contributed by atoms with Crippen molar-refractivity contribution in [1.29, 1.82) is 0 Å². The monoisotopic (exact) mass is 251 g/mol. The first-order valence-corrected chi connectivity index (χ1v) is 5.40. The summed E-state index contributed by atoms with van der Waals surface area (Å²) in [5.74, 6) is 0.105. The molecule has 1 aromatic rings. The van der Waals surface area contributed by atoms with Crippen molar-refractivity contribution in [3.8, 4) is 0 Å². The van der Waals surface area contributed by atoms with E-state index in [4.69, 9.17) is 0 Å². The number of hydrogen-bond acceptors (Lipinski definition) is 1. The number of amides is 1. The van der Waals surface area contributed by atoms with E-state index in [1.807, 2.05) is 30.3 Å². The highest BCUT2D eigenvalue weighted by Gasteiger charge is 2.26. The van der Waals surface area contributed by atoms with Crippen molar-refractivity contribution in [2.24, 2.45) is 0 Å². The van der Waals surface area contributed by atoms with Gasteiger partial charge in [-0.05, 0) is 23.5 Å². The van der Waals surface area contributed by atoms with E-state index in [0.29, 0.717) is 0 Å². The Bertz CT molecular complexity index is 372. The Balaban J connectivity index is 2.27.